The van der Waals surface area contributed by atoms with E-state index in [0.717, 1.165) is 60.4 Å². The lowest BCUT2D eigenvalue weighted by atomic mass is 10.1. The molecule has 4 aromatic rings. The number of amides is 1. The first-order valence-corrected chi connectivity index (χ1v) is 13.6. The Morgan fingerprint density at radius 2 is 1.72 bits per heavy atom. The first-order valence-electron chi connectivity index (χ1n) is 13.6. The number of para-hydroxylation sites is 2. The van der Waals surface area contributed by atoms with Crippen molar-refractivity contribution in [3.63, 3.8) is 0 Å². The van der Waals surface area contributed by atoms with E-state index in [1.165, 1.54) is 11.1 Å². The van der Waals surface area contributed by atoms with Gasteiger partial charge >= 0.3 is 0 Å². The molecule has 0 aliphatic rings. The second-order valence-electron chi connectivity index (χ2n) is 9.74. The lowest BCUT2D eigenvalue weighted by Crippen LogP contribution is -2.26. The molecule has 0 fully saturated rings. The van der Waals surface area contributed by atoms with Gasteiger partial charge in [-0.15, -0.1) is 0 Å². The Kier molecular flexibility index (Phi) is 9.84. The zero-order chi connectivity index (χ0) is 27.6. The van der Waals surface area contributed by atoms with E-state index >= 15 is 0 Å². The van der Waals surface area contributed by atoms with Gasteiger partial charge in [0.2, 0.25) is 5.91 Å². The normalized spacial score (nSPS) is 11.0. The molecule has 0 saturated carbocycles. The number of fused-ring (bicyclic) bond motifs is 1. The number of imidazole rings is 1. The highest BCUT2D eigenvalue weighted by molar-refractivity contribution is 5.79. The Morgan fingerprint density at radius 3 is 2.54 bits per heavy atom. The minimum atomic E-state index is -0.0143. The summed E-state index contributed by atoms with van der Waals surface area (Å²) in [7, 11) is 3.19. The van der Waals surface area contributed by atoms with Crippen LogP contribution in [0.1, 0.15) is 41.8 Å². The van der Waals surface area contributed by atoms with Crippen LogP contribution in [0.4, 0.5) is 0 Å². The number of ether oxygens (including phenoxy) is 3. The number of unbranched alkanes of at least 4 members (excludes halogenated alkanes) is 1. The zero-order valence-corrected chi connectivity index (χ0v) is 23.5. The molecule has 1 aromatic heterocycles. The highest BCUT2D eigenvalue weighted by Gasteiger charge is 2.12. The number of carbonyl (C=O) groups excluding carboxylic acids is 1. The van der Waals surface area contributed by atoms with Gasteiger partial charge in [0, 0.05) is 19.5 Å². The molecule has 206 valence electrons. The summed E-state index contributed by atoms with van der Waals surface area (Å²) >= 11 is 0. The lowest BCUT2D eigenvalue weighted by molar-refractivity contribution is -0.120. The number of benzene rings is 3. The number of nitrogens with zero attached hydrogens (tertiary/aromatic N) is 2. The molecule has 0 radical (unpaired) electrons. The van der Waals surface area contributed by atoms with E-state index < -0.39 is 0 Å². The Morgan fingerprint density at radius 1 is 0.897 bits per heavy atom. The second-order valence-corrected chi connectivity index (χ2v) is 9.74. The number of carbonyl (C=O) groups is 1. The van der Waals surface area contributed by atoms with Crippen molar-refractivity contribution in [2.75, 3.05) is 27.4 Å². The standard InChI is InChI=1S/C32H39N3O4/c1-23-11-9-14-28(24(23)2)39-20-8-7-19-35-27-13-6-5-12-26(27)34-31(35)15-10-18-33-32(36)22-25-16-17-29(37-3)30(21-25)38-4/h5-6,9,11-14,16-17,21H,7-8,10,15,18-20,22H2,1-4H3,(H,33,36). The average Bonchev–Trinajstić information content (AvgIpc) is 3.30. The molecule has 1 amide bonds. The predicted octanol–water partition coefficient (Wildman–Crippen LogP) is 5.82. The molecule has 0 atom stereocenters. The van der Waals surface area contributed by atoms with E-state index in [-0.39, 0.29) is 5.91 Å². The molecule has 1 N–H and O–H groups in total. The smallest absolute Gasteiger partial charge is 0.224 e. The maximum atomic E-state index is 12.5. The largest absolute Gasteiger partial charge is 0.493 e. The SMILES string of the molecule is COc1ccc(CC(=O)NCCCc2nc3ccccc3n2CCCCOc2cccc(C)c2C)cc1OC. The van der Waals surface area contributed by atoms with Crippen molar-refractivity contribution in [2.45, 2.75) is 52.5 Å². The number of hydrogen-bond acceptors (Lipinski definition) is 5. The summed E-state index contributed by atoms with van der Waals surface area (Å²) < 4.78 is 19.0. The van der Waals surface area contributed by atoms with Crippen molar-refractivity contribution in [3.8, 4) is 17.2 Å². The molecule has 0 aliphatic carbocycles. The second kappa shape index (κ2) is 13.7. The Hall–Kier alpha value is -4.00. The Bertz CT molecular complexity index is 1400. The van der Waals surface area contributed by atoms with Gasteiger partial charge in [0.05, 0.1) is 38.3 Å². The quantitative estimate of drug-likeness (QED) is 0.208. The molecule has 7 nitrogen and oxygen atoms in total. The lowest BCUT2D eigenvalue weighted by Gasteiger charge is -2.12. The van der Waals surface area contributed by atoms with Gasteiger partial charge in [-0.25, -0.2) is 4.98 Å². The number of aryl methyl sites for hydroxylation is 3. The fourth-order valence-electron chi connectivity index (χ4n) is 4.71. The van der Waals surface area contributed by atoms with Gasteiger partial charge in [-0.3, -0.25) is 4.79 Å². The van der Waals surface area contributed by atoms with Crippen LogP contribution in [-0.4, -0.2) is 42.8 Å². The average molecular weight is 530 g/mol. The van der Waals surface area contributed by atoms with E-state index in [0.29, 0.717) is 31.1 Å². The van der Waals surface area contributed by atoms with Gasteiger partial charge in [-0.1, -0.05) is 30.3 Å². The third-order valence-corrected chi connectivity index (χ3v) is 7.03. The monoisotopic (exact) mass is 529 g/mol. The van der Waals surface area contributed by atoms with Crippen LogP contribution in [0.5, 0.6) is 17.2 Å². The van der Waals surface area contributed by atoms with Crippen molar-refractivity contribution < 1.29 is 19.0 Å². The Labute approximate surface area is 231 Å². The van der Waals surface area contributed by atoms with E-state index in [9.17, 15) is 4.79 Å². The van der Waals surface area contributed by atoms with E-state index in [1.807, 2.05) is 36.4 Å². The minimum absolute atomic E-state index is 0.0143. The first kappa shape index (κ1) is 28.0. The third-order valence-electron chi connectivity index (χ3n) is 7.03. The summed E-state index contributed by atoms with van der Waals surface area (Å²) in [4.78, 5) is 17.4. The molecule has 0 unspecified atom stereocenters. The number of hydrogen-bond donors (Lipinski definition) is 1. The molecular formula is C32H39N3O4. The molecule has 7 heteroatoms. The van der Waals surface area contributed by atoms with Crippen molar-refractivity contribution in [1.29, 1.82) is 0 Å². The summed E-state index contributed by atoms with van der Waals surface area (Å²) in [5.74, 6) is 3.29. The minimum Gasteiger partial charge on any atom is -0.493 e. The predicted molar refractivity (Wildman–Crippen MR) is 155 cm³/mol. The van der Waals surface area contributed by atoms with Crippen LogP contribution in [-0.2, 0) is 24.2 Å². The molecule has 0 bridgehead atoms. The Balaban J connectivity index is 1.27. The molecule has 3 aromatic carbocycles. The van der Waals surface area contributed by atoms with Crippen LogP contribution >= 0.6 is 0 Å². The summed E-state index contributed by atoms with van der Waals surface area (Å²) in [6.07, 6.45) is 3.87. The van der Waals surface area contributed by atoms with Crippen molar-refractivity contribution in [3.05, 3.63) is 83.2 Å². The summed E-state index contributed by atoms with van der Waals surface area (Å²) in [5, 5.41) is 3.04. The van der Waals surface area contributed by atoms with Crippen molar-refractivity contribution in [1.82, 2.24) is 14.9 Å². The fraction of sp³-hybridized carbons (Fsp3) is 0.375. The molecular weight excluding hydrogens is 490 g/mol. The number of methoxy groups -OCH3 is 2. The highest BCUT2D eigenvalue weighted by atomic mass is 16.5. The van der Waals surface area contributed by atoms with Crippen LogP contribution in [0.15, 0.2) is 60.7 Å². The summed E-state index contributed by atoms with van der Waals surface area (Å²) in [5.41, 5.74) is 5.50. The number of rotatable bonds is 14. The van der Waals surface area contributed by atoms with Gasteiger partial charge in [-0.2, -0.15) is 0 Å². The fourth-order valence-corrected chi connectivity index (χ4v) is 4.71. The molecule has 0 spiro atoms. The zero-order valence-electron chi connectivity index (χ0n) is 23.5. The van der Waals surface area contributed by atoms with Gasteiger partial charge in [0.25, 0.3) is 0 Å². The van der Waals surface area contributed by atoms with E-state index in [4.69, 9.17) is 19.2 Å². The maximum Gasteiger partial charge on any atom is 0.224 e. The van der Waals surface area contributed by atoms with E-state index in [1.54, 1.807) is 14.2 Å². The number of aromatic nitrogens is 2. The highest BCUT2D eigenvalue weighted by Crippen LogP contribution is 2.27. The van der Waals surface area contributed by atoms with Crippen LogP contribution in [0.2, 0.25) is 0 Å². The first-order chi connectivity index (χ1) is 19.0. The maximum absolute atomic E-state index is 12.5. The topological polar surface area (TPSA) is 74.6 Å². The van der Waals surface area contributed by atoms with Crippen LogP contribution < -0.4 is 19.5 Å². The van der Waals surface area contributed by atoms with Gasteiger partial charge in [-0.05, 0) is 80.1 Å². The van der Waals surface area contributed by atoms with Crippen molar-refractivity contribution in [2.24, 2.45) is 0 Å². The summed E-state index contributed by atoms with van der Waals surface area (Å²) in [6.45, 7) is 6.39. The van der Waals surface area contributed by atoms with Crippen molar-refractivity contribution >= 4 is 16.9 Å². The molecule has 4 rings (SSSR count). The number of nitrogens with one attached hydrogen (secondary N) is 1. The van der Waals surface area contributed by atoms with Gasteiger partial charge in [0.1, 0.15) is 11.6 Å². The van der Waals surface area contributed by atoms with Crippen LogP contribution in [0.25, 0.3) is 11.0 Å². The third kappa shape index (κ3) is 7.31. The van der Waals surface area contributed by atoms with E-state index in [2.05, 4.69) is 48.0 Å². The van der Waals surface area contributed by atoms with Gasteiger partial charge < -0.3 is 24.1 Å². The molecule has 0 aliphatic heterocycles. The summed E-state index contributed by atoms with van der Waals surface area (Å²) in [6, 6.07) is 20.0. The molecule has 39 heavy (non-hydrogen) atoms. The van der Waals surface area contributed by atoms with Crippen LogP contribution in [0, 0.1) is 13.8 Å². The molecule has 1 heterocycles. The van der Waals surface area contributed by atoms with Crippen LogP contribution in [0.3, 0.4) is 0 Å². The molecule has 0 saturated heterocycles. The van der Waals surface area contributed by atoms with Gasteiger partial charge in [0.15, 0.2) is 11.5 Å².